The van der Waals surface area contributed by atoms with Gasteiger partial charge >= 0.3 is 6.09 Å². The number of fused-ring (bicyclic) bond motifs is 1. The average Bonchev–Trinajstić information content (AvgIpc) is 2.71. The molecule has 0 aliphatic rings. The summed E-state index contributed by atoms with van der Waals surface area (Å²) in [7, 11) is 0. The molecule has 1 amide bonds. The van der Waals surface area contributed by atoms with Crippen molar-refractivity contribution in [2.75, 3.05) is 11.9 Å². The Bertz CT molecular complexity index is 477. The number of amides is 1. The molecule has 0 aliphatic carbocycles. The molecule has 2 aromatic rings. The summed E-state index contributed by atoms with van der Waals surface area (Å²) in [4.78, 5) is 19.3. The van der Waals surface area contributed by atoms with Gasteiger partial charge < -0.3 is 4.74 Å². The predicted molar refractivity (Wildman–Crippen MR) is 60.7 cm³/mol. The Morgan fingerprint density at radius 3 is 3.24 bits per heavy atom. The first-order valence-electron chi connectivity index (χ1n) is 5.40. The molecule has 0 saturated heterocycles. The van der Waals surface area contributed by atoms with Crippen molar-refractivity contribution in [3.63, 3.8) is 0 Å². The first-order chi connectivity index (χ1) is 8.29. The van der Waals surface area contributed by atoms with Gasteiger partial charge in [0.1, 0.15) is 0 Å². The van der Waals surface area contributed by atoms with Crippen molar-refractivity contribution in [2.45, 2.75) is 19.8 Å². The summed E-state index contributed by atoms with van der Waals surface area (Å²) in [6, 6.07) is 0. The van der Waals surface area contributed by atoms with Crippen LogP contribution < -0.4 is 5.32 Å². The average molecular weight is 235 g/mol. The number of carbonyl (C=O) groups is 1. The number of aromatic nitrogens is 4. The van der Waals surface area contributed by atoms with Crippen LogP contribution in [-0.4, -0.2) is 32.3 Å². The van der Waals surface area contributed by atoms with Crippen LogP contribution in [0.1, 0.15) is 19.8 Å². The maximum atomic E-state index is 11.3. The Morgan fingerprint density at radius 2 is 2.47 bits per heavy atom. The van der Waals surface area contributed by atoms with Crippen LogP contribution in [-0.2, 0) is 4.74 Å². The first-order valence-corrected chi connectivity index (χ1v) is 5.40. The Hall–Kier alpha value is -2.18. The van der Waals surface area contributed by atoms with Gasteiger partial charge in [0.2, 0.25) is 0 Å². The van der Waals surface area contributed by atoms with Crippen LogP contribution in [0, 0.1) is 0 Å². The van der Waals surface area contributed by atoms with E-state index in [1.807, 2.05) is 6.92 Å². The fourth-order valence-electron chi connectivity index (χ4n) is 1.23. The van der Waals surface area contributed by atoms with Crippen molar-refractivity contribution in [2.24, 2.45) is 0 Å². The van der Waals surface area contributed by atoms with Crippen molar-refractivity contribution in [3.05, 3.63) is 18.6 Å². The van der Waals surface area contributed by atoms with Crippen LogP contribution in [0.25, 0.3) is 5.65 Å². The van der Waals surface area contributed by atoms with Gasteiger partial charge in [0.05, 0.1) is 12.8 Å². The van der Waals surface area contributed by atoms with Gasteiger partial charge in [0, 0.05) is 12.4 Å². The Kier molecular flexibility index (Phi) is 3.49. The molecule has 0 saturated carbocycles. The van der Waals surface area contributed by atoms with Gasteiger partial charge in [-0.1, -0.05) is 13.3 Å². The van der Waals surface area contributed by atoms with Crippen LogP contribution in [0.4, 0.5) is 10.7 Å². The van der Waals surface area contributed by atoms with Gasteiger partial charge in [-0.3, -0.25) is 10.3 Å². The van der Waals surface area contributed by atoms with Crippen LogP contribution in [0.2, 0.25) is 0 Å². The van der Waals surface area contributed by atoms with Crippen LogP contribution >= 0.6 is 0 Å². The molecule has 2 heterocycles. The summed E-state index contributed by atoms with van der Waals surface area (Å²) in [6.07, 6.45) is 6.07. The quantitative estimate of drug-likeness (QED) is 0.811. The Morgan fingerprint density at radius 1 is 1.59 bits per heavy atom. The molecule has 0 bridgehead atoms. The minimum absolute atomic E-state index is 0.208. The number of hydrogen-bond acceptors (Lipinski definition) is 5. The summed E-state index contributed by atoms with van der Waals surface area (Å²) in [5.74, 6) is 0.208. The number of nitrogens with zero attached hydrogens (tertiary/aromatic N) is 4. The van der Waals surface area contributed by atoms with Crippen LogP contribution in [0.15, 0.2) is 18.6 Å². The van der Waals surface area contributed by atoms with Crippen molar-refractivity contribution < 1.29 is 9.53 Å². The van der Waals surface area contributed by atoms with Crippen LogP contribution in [0.3, 0.4) is 0 Å². The lowest BCUT2D eigenvalue weighted by Crippen LogP contribution is -2.15. The number of carbonyl (C=O) groups excluding carboxylic acids is 1. The van der Waals surface area contributed by atoms with Gasteiger partial charge in [0.25, 0.3) is 5.95 Å². The number of unbranched alkanes of at least 4 members (excludes halogenated alkanes) is 1. The zero-order valence-corrected chi connectivity index (χ0v) is 9.46. The molecule has 2 aromatic heterocycles. The third-order valence-corrected chi connectivity index (χ3v) is 2.09. The van der Waals surface area contributed by atoms with Gasteiger partial charge in [-0.2, -0.15) is 4.98 Å². The van der Waals surface area contributed by atoms with E-state index in [9.17, 15) is 4.79 Å². The number of rotatable bonds is 4. The molecular weight excluding hydrogens is 222 g/mol. The van der Waals surface area contributed by atoms with Gasteiger partial charge in [-0.15, -0.1) is 5.10 Å². The van der Waals surface area contributed by atoms with E-state index < -0.39 is 6.09 Å². The fourth-order valence-corrected chi connectivity index (χ4v) is 1.23. The van der Waals surface area contributed by atoms with E-state index in [0.29, 0.717) is 12.3 Å². The lowest BCUT2D eigenvalue weighted by molar-refractivity contribution is 0.159. The topological polar surface area (TPSA) is 81.4 Å². The van der Waals surface area contributed by atoms with Gasteiger partial charge in [0.15, 0.2) is 5.65 Å². The molecule has 0 unspecified atom stereocenters. The third-order valence-electron chi connectivity index (χ3n) is 2.09. The standard InChI is InChI=1S/C10H13N5O2/c1-2-3-6-17-10(16)13-9-12-8-7-11-4-5-15(8)14-9/h4-5,7H,2-3,6H2,1H3,(H,13,14,16). The highest BCUT2D eigenvalue weighted by atomic mass is 16.5. The second-order valence-electron chi connectivity index (χ2n) is 3.43. The normalized spacial score (nSPS) is 10.4. The zero-order chi connectivity index (χ0) is 12.1. The van der Waals surface area contributed by atoms with E-state index in [1.54, 1.807) is 18.6 Å². The molecule has 2 rings (SSSR count). The van der Waals surface area contributed by atoms with Crippen molar-refractivity contribution in [1.29, 1.82) is 0 Å². The van der Waals surface area contributed by atoms with Crippen molar-refractivity contribution in [3.8, 4) is 0 Å². The molecule has 0 atom stereocenters. The van der Waals surface area contributed by atoms with E-state index in [4.69, 9.17) is 4.74 Å². The summed E-state index contributed by atoms with van der Waals surface area (Å²) >= 11 is 0. The Labute approximate surface area is 97.8 Å². The second-order valence-corrected chi connectivity index (χ2v) is 3.43. The highest BCUT2D eigenvalue weighted by molar-refractivity contribution is 5.82. The third kappa shape index (κ3) is 2.90. The molecule has 0 radical (unpaired) electrons. The number of ether oxygens (including phenoxy) is 1. The number of nitrogens with one attached hydrogen (secondary N) is 1. The van der Waals surface area contributed by atoms with Crippen molar-refractivity contribution >= 4 is 17.7 Å². The molecule has 0 fully saturated rings. The van der Waals surface area contributed by atoms with E-state index in [2.05, 4.69) is 20.4 Å². The summed E-state index contributed by atoms with van der Waals surface area (Å²) in [6.45, 7) is 2.43. The summed E-state index contributed by atoms with van der Waals surface area (Å²) in [5.41, 5.74) is 0.566. The monoisotopic (exact) mass is 235 g/mol. The molecule has 7 nitrogen and oxygen atoms in total. The molecule has 0 aliphatic heterocycles. The maximum absolute atomic E-state index is 11.3. The maximum Gasteiger partial charge on any atom is 0.414 e. The smallest absolute Gasteiger partial charge is 0.414 e. The minimum atomic E-state index is -0.540. The predicted octanol–water partition coefficient (Wildman–Crippen LogP) is 1.47. The van der Waals surface area contributed by atoms with E-state index in [0.717, 1.165) is 12.8 Å². The number of anilines is 1. The van der Waals surface area contributed by atoms with Crippen molar-refractivity contribution in [1.82, 2.24) is 19.6 Å². The lowest BCUT2D eigenvalue weighted by atomic mass is 10.4. The van der Waals surface area contributed by atoms with E-state index in [-0.39, 0.29) is 5.95 Å². The number of hydrogen-bond donors (Lipinski definition) is 1. The highest BCUT2D eigenvalue weighted by Gasteiger charge is 2.07. The van der Waals surface area contributed by atoms with Gasteiger partial charge in [-0.05, 0) is 6.42 Å². The lowest BCUT2D eigenvalue weighted by Gasteiger charge is -2.02. The van der Waals surface area contributed by atoms with Gasteiger partial charge in [-0.25, -0.2) is 9.31 Å². The molecular formula is C10H13N5O2. The minimum Gasteiger partial charge on any atom is -0.449 e. The SMILES string of the molecule is CCCCOC(=O)Nc1nc2cnccn2n1. The fraction of sp³-hybridized carbons (Fsp3) is 0.400. The summed E-state index contributed by atoms with van der Waals surface area (Å²) < 4.78 is 6.45. The molecule has 0 spiro atoms. The second kappa shape index (κ2) is 5.24. The molecule has 7 heteroatoms. The molecule has 90 valence electrons. The summed E-state index contributed by atoms with van der Waals surface area (Å²) in [5, 5.41) is 6.49. The highest BCUT2D eigenvalue weighted by Crippen LogP contribution is 2.03. The molecule has 0 aromatic carbocycles. The first kappa shape index (κ1) is 11.3. The molecule has 1 N–H and O–H groups in total. The Balaban J connectivity index is 1.96. The van der Waals surface area contributed by atoms with Crippen LogP contribution in [0.5, 0.6) is 0 Å². The molecule has 17 heavy (non-hydrogen) atoms. The van der Waals surface area contributed by atoms with E-state index >= 15 is 0 Å². The zero-order valence-electron chi connectivity index (χ0n) is 9.46. The van der Waals surface area contributed by atoms with E-state index in [1.165, 1.54) is 4.52 Å². The largest absolute Gasteiger partial charge is 0.449 e.